The Bertz CT molecular complexity index is 1200. The van der Waals surface area contributed by atoms with E-state index in [-0.39, 0.29) is 11.3 Å². The minimum Gasteiger partial charge on any atom is -0.307 e. The average Bonchev–Trinajstić information content (AvgIpc) is 3.27. The minimum atomic E-state index is -1.42. The second-order valence-electron chi connectivity index (χ2n) is 6.25. The van der Waals surface area contributed by atoms with Crippen molar-refractivity contribution in [1.29, 1.82) is 0 Å². The molecule has 1 N–H and O–H groups in total. The van der Waals surface area contributed by atoms with Gasteiger partial charge < -0.3 is 5.32 Å². The maximum Gasteiger partial charge on any atom is 0.328 e. The van der Waals surface area contributed by atoms with E-state index in [4.69, 9.17) is 0 Å². The predicted octanol–water partition coefficient (Wildman–Crippen LogP) is 2.14. The zero-order chi connectivity index (χ0) is 21.1. The second-order valence-corrected chi connectivity index (χ2v) is 6.25. The standard InChI is InChI=1S/C21H14FN5O3/c22-16-7-3-1-5-14(16)18-15-6-2-4-8-17(15)27(11-12-28)20(29)19(24-18)25-21(30)26-10-9-23-13-26/h1-11,13,19H,(H,25,30). The Kier molecular flexibility index (Phi) is 5.02. The zero-order valence-corrected chi connectivity index (χ0v) is 15.4. The molecule has 0 saturated heterocycles. The van der Waals surface area contributed by atoms with E-state index in [1.54, 1.807) is 36.3 Å². The van der Waals surface area contributed by atoms with Gasteiger partial charge in [-0.1, -0.05) is 30.3 Å². The average molecular weight is 403 g/mol. The van der Waals surface area contributed by atoms with Crippen molar-refractivity contribution in [3.05, 3.63) is 90.4 Å². The van der Waals surface area contributed by atoms with Gasteiger partial charge in [0.05, 0.1) is 17.6 Å². The molecule has 0 radical (unpaired) electrons. The van der Waals surface area contributed by atoms with Gasteiger partial charge in [0.1, 0.15) is 18.1 Å². The fraction of sp³-hybridized carbons (Fsp3) is 0.0476. The molecule has 0 bridgehead atoms. The smallest absolute Gasteiger partial charge is 0.307 e. The topological polar surface area (TPSA) is 96.7 Å². The van der Waals surface area contributed by atoms with E-state index < -0.39 is 23.9 Å². The van der Waals surface area contributed by atoms with Gasteiger partial charge in [0.2, 0.25) is 6.17 Å². The molecule has 1 aliphatic rings. The Morgan fingerprint density at radius 1 is 1.13 bits per heavy atom. The van der Waals surface area contributed by atoms with Gasteiger partial charge in [-0.25, -0.2) is 24.0 Å². The van der Waals surface area contributed by atoms with E-state index in [1.807, 2.05) is 0 Å². The summed E-state index contributed by atoms with van der Waals surface area (Å²) in [7, 11) is 0. The molecular formula is C21H14FN5O3. The number of hydrogen-bond acceptors (Lipinski definition) is 5. The number of aromatic nitrogens is 2. The van der Waals surface area contributed by atoms with Gasteiger partial charge >= 0.3 is 6.03 Å². The molecule has 2 aromatic carbocycles. The Hall–Kier alpha value is -4.36. The largest absolute Gasteiger partial charge is 0.328 e. The van der Waals surface area contributed by atoms with E-state index in [0.717, 1.165) is 15.7 Å². The summed E-state index contributed by atoms with van der Waals surface area (Å²) in [6.45, 7) is 0. The van der Waals surface area contributed by atoms with Gasteiger partial charge in [0.15, 0.2) is 0 Å². The maximum atomic E-state index is 14.6. The molecule has 4 rings (SSSR count). The third kappa shape index (κ3) is 3.41. The van der Waals surface area contributed by atoms with Crippen molar-refractivity contribution in [3.63, 3.8) is 0 Å². The number of nitrogens with zero attached hydrogens (tertiary/aromatic N) is 4. The van der Waals surface area contributed by atoms with Crippen LogP contribution in [-0.4, -0.2) is 39.3 Å². The molecule has 1 atom stereocenters. The van der Waals surface area contributed by atoms with E-state index in [0.29, 0.717) is 11.3 Å². The van der Waals surface area contributed by atoms with Crippen LogP contribution in [-0.2, 0) is 9.59 Å². The fourth-order valence-corrected chi connectivity index (χ4v) is 3.11. The van der Waals surface area contributed by atoms with Crippen molar-refractivity contribution in [2.45, 2.75) is 6.17 Å². The Morgan fingerprint density at radius 3 is 2.57 bits per heavy atom. The third-order valence-electron chi connectivity index (χ3n) is 4.46. The van der Waals surface area contributed by atoms with Gasteiger partial charge in [0.25, 0.3) is 5.91 Å². The van der Waals surface area contributed by atoms with E-state index >= 15 is 0 Å². The first-order chi connectivity index (χ1) is 14.6. The summed E-state index contributed by atoms with van der Waals surface area (Å²) in [5, 5.41) is 2.49. The van der Waals surface area contributed by atoms with Crippen LogP contribution in [0, 0.1) is 5.82 Å². The van der Waals surface area contributed by atoms with Crippen molar-refractivity contribution < 1.29 is 18.8 Å². The molecule has 2 amide bonds. The highest BCUT2D eigenvalue weighted by Gasteiger charge is 2.33. The molecular weight excluding hydrogens is 389 g/mol. The summed E-state index contributed by atoms with van der Waals surface area (Å²) in [4.78, 5) is 45.9. The van der Waals surface area contributed by atoms with E-state index in [2.05, 4.69) is 15.3 Å². The number of benzene rings is 2. The van der Waals surface area contributed by atoms with Crippen LogP contribution >= 0.6 is 0 Å². The maximum absolute atomic E-state index is 14.6. The molecule has 30 heavy (non-hydrogen) atoms. The zero-order valence-electron chi connectivity index (χ0n) is 15.4. The lowest BCUT2D eigenvalue weighted by molar-refractivity contribution is -0.119. The summed E-state index contributed by atoms with van der Waals surface area (Å²) in [5.74, 6) is 0.334. The molecule has 148 valence electrons. The summed E-state index contributed by atoms with van der Waals surface area (Å²) in [5.41, 5.74) is 1.04. The Morgan fingerprint density at radius 2 is 1.87 bits per heavy atom. The Balaban J connectivity index is 1.89. The number of halogens is 1. The number of carbonyl (C=O) groups excluding carboxylic acids is 3. The molecule has 0 aliphatic carbocycles. The highest BCUT2D eigenvalue weighted by Crippen LogP contribution is 2.29. The molecule has 1 unspecified atom stereocenters. The number of aliphatic imine (C=N–C) groups is 1. The molecule has 3 aromatic rings. The fourth-order valence-electron chi connectivity index (χ4n) is 3.11. The van der Waals surface area contributed by atoms with Gasteiger partial charge in [0, 0.05) is 23.5 Å². The number of para-hydroxylation sites is 1. The molecule has 1 aromatic heterocycles. The van der Waals surface area contributed by atoms with Crippen molar-refractivity contribution >= 4 is 29.3 Å². The normalized spacial score (nSPS) is 15.5. The Labute approximate surface area is 170 Å². The van der Waals surface area contributed by atoms with Crippen LogP contribution in [0.5, 0.6) is 0 Å². The van der Waals surface area contributed by atoms with E-state index in [1.165, 1.54) is 36.9 Å². The van der Waals surface area contributed by atoms with Crippen LogP contribution in [0.1, 0.15) is 11.1 Å². The van der Waals surface area contributed by atoms with Crippen molar-refractivity contribution in [1.82, 2.24) is 14.9 Å². The monoisotopic (exact) mass is 403 g/mol. The van der Waals surface area contributed by atoms with E-state index in [9.17, 15) is 18.8 Å². The lowest BCUT2D eigenvalue weighted by Gasteiger charge is -2.20. The number of fused-ring (bicyclic) bond motifs is 1. The van der Waals surface area contributed by atoms with Gasteiger partial charge in [-0.15, -0.1) is 0 Å². The molecule has 0 fully saturated rings. The lowest BCUT2D eigenvalue weighted by atomic mass is 10.00. The highest BCUT2D eigenvalue weighted by atomic mass is 19.1. The molecule has 0 saturated carbocycles. The highest BCUT2D eigenvalue weighted by molar-refractivity contribution is 6.21. The van der Waals surface area contributed by atoms with Crippen LogP contribution in [0.15, 0.2) is 78.4 Å². The molecule has 9 heteroatoms. The molecule has 0 spiro atoms. The summed E-state index contributed by atoms with van der Waals surface area (Å²) in [6, 6.07) is 11.9. The van der Waals surface area contributed by atoms with Crippen molar-refractivity contribution in [2.75, 3.05) is 4.90 Å². The van der Waals surface area contributed by atoms with Crippen LogP contribution < -0.4 is 10.2 Å². The third-order valence-corrected chi connectivity index (χ3v) is 4.46. The number of nitrogens with one attached hydrogen (secondary N) is 1. The number of anilines is 1. The van der Waals surface area contributed by atoms with Crippen LogP contribution in [0.2, 0.25) is 0 Å². The number of benzodiazepines with no additional fused rings is 1. The summed E-state index contributed by atoms with van der Waals surface area (Å²) in [6.07, 6.45) is 3.55. The van der Waals surface area contributed by atoms with Gasteiger partial charge in [-0.2, -0.15) is 0 Å². The van der Waals surface area contributed by atoms with Crippen LogP contribution in [0.25, 0.3) is 0 Å². The van der Waals surface area contributed by atoms with Crippen LogP contribution in [0.3, 0.4) is 0 Å². The lowest BCUT2D eigenvalue weighted by Crippen LogP contribution is -2.46. The number of rotatable bonds is 3. The first kappa shape index (κ1) is 19.0. The van der Waals surface area contributed by atoms with Gasteiger partial charge in [-0.05, 0) is 18.2 Å². The minimum absolute atomic E-state index is 0.150. The summed E-state index contributed by atoms with van der Waals surface area (Å²) >= 11 is 0. The quantitative estimate of drug-likeness (QED) is 0.678. The van der Waals surface area contributed by atoms with Crippen molar-refractivity contribution in [3.8, 4) is 0 Å². The number of amides is 2. The first-order valence-electron chi connectivity index (χ1n) is 8.85. The van der Waals surface area contributed by atoms with Crippen LogP contribution in [0.4, 0.5) is 14.9 Å². The SMILES string of the molecule is O=C=CN1C(=O)C(NC(=O)n2ccnc2)N=C(c2ccccc2F)c2ccccc21. The molecule has 8 nitrogen and oxygen atoms in total. The van der Waals surface area contributed by atoms with Gasteiger partial charge in [-0.3, -0.25) is 14.3 Å². The number of carbonyl (C=O) groups is 2. The second kappa shape index (κ2) is 7.94. The first-order valence-corrected chi connectivity index (χ1v) is 8.85. The molecule has 2 heterocycles. The van der Waals surface area contributed by atoms with Crippen molar-refractivity contribution in [2.24, 2.45) is 4.99 Å². The molecule has 1 aliphatic heterocycles. The number of imidazole rings is 1. The summed E-state index contributed by atoms with van der Waals surface area (Å²) < 4.78 is 15.7. The predicted molar refractivity (Wildman–Crippen MR) is 106 cm³/mol. The number of hydrogen-bond donors (Lipinski definition) is 1.